The zero-order valence-corrected chi connectivity index (χ0v) is 16.9. The number of hydrogen-bond donors (Lipinski definition) is 1. The molecular weight excluding hydrogens is 383 g/mol. The van der Waals surface area contributed by atoms with Crippen LogP contribution in [0.25, 0.3) is 17.1 Å². The van der Waals surface area contributed by atoms with E-state index < -0.39 is 11.7 Å². The van der Waals surface area contributed by atoms with Crippen molar-refractivity contribution in [3.05, 3.63) is 83.7 Å². The molecule has 0 spiro atoms. The molecule has 0 unspecified atom stereocenters. The minimum atomic E-state index is -0.484. The number of aromatic nitrogens is 3. The van der Waals surface area contributed by atoms with Crippen LogP contribution in [0.2, 0.25) is 0 Å². The van der Waals surface area contributed by atoms with Crippen LogP contribution in [0, 0.1) is 12.7 Å². The number of para-hydroxylation sites is 1. The zero-order valence-electron chi connectivity index (χ0n) is 16.9. The van der Waals surface area contributed by atoms with Gasteiger partial charge in [-0.05, 0) is 48.9 Å². The van der Waals surface area contributed by atoms with E-state index in [1.165, 1.54) is 6.07 Å². The van der Waals surface area contributed by atoms with Crippen molar-refractivity contribution in [1.82, 2.24) is 14.7 Å². The Hall–Kier alpha value is -3.74. The minimum Gasteiger partial charge on any atom is -0.334 e. The third-order valence-corrected chi connectivity index (χ3v) is 4.79. The van der Waals surface area contributed by atoms with Gasteiger partial charge in [0.2, 0.25) is 0 Å². The van der Waals surface area contributed by atoms with Gasteiger partial charge in [-0.1, -0.05) is 31.1 Å². The molecular formula is C23H21FN4O2. The van der Waals surface area contributed by atoms with Crippen molar-refractivity contribution in [3.8, 4) is 17.1 Å². The summed E-state index contributed by atoms with van der Waals surface area (Å²) < 4.78 is 21.6. The Bertz CT molecular complexity index is 1200. The molecule has 0 fully saturated rings. The number of nitrogens with one attached hydrogen (secondary N) is 1. The minimum absolute atomic E-state index is 0.118. The molecule has 0 aliphatic carbocycles. The highest BCUT2D eigenvalue weighted by atomic mass is 19.1. The molecule has 2 aromatic carbocycles. The summed E-state index contributed by atoms with van der Waals surface area (Å²) in [6.45, 7) is 5.81. The number of nitrogens with zero attached hydrogens (tertiary/aromatic N) is 3. The summed E-state index contributed by atoms with van der Waals surface area (Å²) in [5.41, 5.74) is 2.59. The van der Waals surface area contributed by atoms with Crippen LogP contribution in [0.4, 0.5) is 10.1 Å². The van der Waals surface area contributed by atoms with Crippen LogP contribution in [0.15, 0.2) is 65.4 Å². The quantitative estimate of drug-likeness (QED) is 0.487. The molecule has 0 saturated carbocycles. The third-order valence-electron chi connectivity index (χ3n) is 4.79. The van der Waals surface area contributed by atoms with Gasteiger partial charge in [0.25, 0.3) is 11.8 Å². The zero-order chi connectivity index (χ0) is 21.3. The van der Waals surface area contributed by atoms with Crippen LogP contribution in [0.1, 0.15) is 41.5 Å². The molecule has 0 radical (unpaired) electrons. The summed E-state index contributed by atoms with van der Waals surface area (Å²) in [5, 5.41) is 6.87. The van der Waals surface area contributed by atoms with Gasteiger partial charge in [0, 0.05) is 23.9 Å². The van der Waals surface area contributed by atoms with E-state index in [0.29, 0.717) is 28.7 Å². The highest BCUT2D eigenvalue weighted by Crippen LogP contribution is 2.31. The Labute approximate surface area is 173 Å². The second-order valence-electron chi connectivity index (χ2n) is 7.32. The van der Waals surface area contributed by atoms with E-state index in [-0.39, 0.29) is 11.5 Å². The molecule has 152 valence electrons. The first-order chi connectivity index (χ1) is 14.4. The maximum atomic E-state index is 14.6. The monoisotopic (exact) mass is 404 g/mol. The third kappa shape index (κ3) is 3.74. The van der Waals surface area contributed by atoms with Gasteiger partial charge >= 0.3 is 0 Å². The Morgan fingerprint density at radius 1 is 1.13 bits per heavy atom. The van der Waals surface area contributed by atoms with E-state index in [1.54, 1.807) is 35.2 Å². The lowest BCUT2D eigenvalue weighted by molar-refractivity contribution is 0.102. The van der Waals surface area contributed by atoms with Crippen LogP contribution >= 0.6 is 0 Å². The number of rotatable bonds is 5. The molecule has 30 heavy (non-hydrogen) atoms. The maximum Gasteiger partial charge on any atom is 0.260 e. The van der Waals surface area contributed by atoms with E-state index in [9.17, 15) is 9.18 Å². The largest absolute Gasteiger partial charge is 0.334 e. The number of halogens is 1. The first-order valence-electron chi connectivity index (χ1n) is 9.62. The number of hydrogen-bond acceptors (Lipinski definition) is 4. The fourth-order valence-corrected chi connectivity index (χ4v) is 3.13. The molecule has 0 atom stereocenters. The van der Waals surface area contributed by atoms with Gasteiger partial charge < -0.3 is 14.4 Å². The second kappa shape index (κ2) is 7.94. The predicted molar refractivity (Wildman–Crippen MR) is 112 cm³/mol. The van der Waals surface area contributed by atoms with Gasteiger partial charge in [-0.25, -0.2) is 4.39 Å². The Kier molecular flexibility index (Phi) is 5.18. The van der Waals surface area contributed by atoms with Crippen molar-refractivity contribution in [2.45, 2.75) is 26.7 Å². The Balaban J connectivity index is 1.64. The Morgan fingerprint density at radius 3 is 2.57 bits per heavy atom. The van der Waals surface area contributed by atoms with E-state index in [1.807, 2.05) is 45.0 Å². The summed E-state index contributed by atoms with van der Waals surface area (Å²) in [7, 11) is 0. The van der Waals surface area contributed by atoms with Gasteiger partial charge in [-0.3, -0.25) is 4.79 Å². The van der Waals surface area contributed by atoms with Crippen molar-refractivity contribution in [2.24, 2.45) is 0 Å². The lowest BCUT2D eigenvalue weighted by Crippen LogP contribution is -2.14. The number of benzene rings is 2. The molecule has 0 aliphatic heterocycles. The van der Waals surface area contributed by atoms with Gasteiger partial charge in [-0.15, -0.1) is 0 Å². The van der Waals surface area contributed by atoms with Crippen molar-refractivity contribution < 1.29 is 13.7 Å². The second-order valence-corrected chi connectivity index (χ2v) is 7.32. The molecule has 7 heteroatoms. The number of carbonyl (C=O) groups excluding carboxylic acids is 1. The standard InChI is InChI=1S/C23H21FN4O2/c1-14(2)21-26-23(30-27-21)17-8-6-7-15(3)20(17)25-22(29)16-9-10-19(18(24)13-16)28-11-4-5-12-28/h4-14H,1-3H3,(H,25,29). The molecule has 0 bridgehead atoms. The Morgan fingerprint density at radius 2 is 1.90 bits per heavy atom. The number of aryl methyl sites for hydroxylation is 1. The van der Waals surface area contributed by atoms with Gasteiger partial charge in [-0.2, -0.15) is 4.98 Å². The van der Waals surface area contributed by atoms with Crippen molar-refractivity contribution >= 4 is 11.6 Å². The van der Waals surface area contributed by atoms with E-state index in [4.69, 9.17) is 4.52 Å². The summed E-state index contributed by atoms with van der Waals surface area (Å²) in [5.74, 6) is 0.125. The van der Waals surface area contributed by atoms with Crippen molar-refractivity contribution in [2.75, 3.05) is 5.32 Å². The lowest BCUT2D eigenvalue weighted by Gasteiger charge is -2.13. The van der Waals surface area contributed by atoms with Crippen LogP contribution < -0.4 is 5.32 Å². The number of carbonyl (C=O) groups is 1. The molecule has 0 aliphatic rings. The van der Waals surface area contributed by atoms with E-state index in [2.05, 4.69) is 15.5 Å². The molecule has 6 nitrogen and oxygen atoms in total. The molecule has 2 aromatic heterocycles. The van der Waals surface area contributed by atoms with Crippen LogP contribution in [0.3, 0.4) is 0 Å². The molecule has 4 aromatic rings. The lowest BCUT2D eigenvalue weighted by atomic mass is 10.1. The normalized spacial score (nSPS) is 11.1. The van der Waals surface area contributed by atoms with E-state index >= 15 is 0 Å². The maximum absolute atomic E-state index is 14.6. The van der Waals surface area contributed by atoms with Crippen LogP contribution in [-0.4, -0.2) is 20.6 Å². The van der Waals surface area contributed by atoms with E-state index in [0.717, 1.165) is 5.56 Å². The van der Waals surface area contributed by atoms with Gasteiger partial charge in [0.05, 0.1) is 16.9 Å². The van der Waals surface area contributed by atoms with Gasteiger partial charge in [0.15, 0.2) is 5.82 Å². The predicted octanol–water partition coefficient (Wildman–Crippen LogP) is 5.35. The fraction of sp³-hybridized carbons (Fsp3) is 0.174. The van der Waals surface area contributed by atoms with Crippen LogP contribution in [-0.2, 0) is 0 Å². The van der Waals surface area contributed by atoms with Crippen molar-refractivity contribution in [3.63, 3.8) is 0 Å². The van der Waals surface area contributed by atoms with Gasteiger partial charge in [0.1, 0.15) is 5.82 Å². The summed E-state index contributed by atoms with van der Waals surface area (Å²) in [6, 6.07) is 13.5. The molecule has 1 N–H and O–H groups in total. The summed E-state index contributed by atoms with van der Waals surface area (Å²) >= 11 is 0. The number of amides is 1. The first-order valence-corrected chi connectivity index (χ1v) is 9.62. The first kappa shape index (κ1) is 19.6. The topological polar surface area (TPSA) is 73.0 Å². The number of anilines is 1. The molecule has 2 heterocycles. The summed E-state index contributed by atoms with van der Waals surface area (Å²) in [6.07, 6.45) is 3.49. The average molecular weight is 404 g/mol. The van der Waals surface area contributed by atoms with Crippen molar-refractivity contribution in [1.29, 1.82) is 0 Å². The molecule has 1 amide bonds. The highest BCUT2D eigenvalue weighted by molar-refractivity contribution is 6.06. The average Bonchev–Trinajstić information content (AvgIpc) is 3.41. The SMILES string of the molecule is Cc1cccc(-c2nc(C(C)C)no2)c1NC(=O)c1ccc(-n2cccc2)c(F)c1. The fourth-order valence-electron chi connectivity index (χ4n) is 3.13. The highest BCUT2D eigenvalue weighted by Gasteiger charge is 2.19. The molecule has 0 saturated heterocycles. The molecule has 4 rings (SSSR count). The smallest absolute Gasteiger partial charge is 0.260 e. The van der Waals surface area contributed by atoms with Crippen LogP contribution in [0.5, 0.6) is 0 Å². The summed E-state index contributed by atoms with van der Waals surface area (Å²) in [4.78, 5) is 17.3.